The number of aryl methyl sites for hydroxylation is 2. The smallest absolute Gasteiger partial charge is 0.323 e. The topological polar surface area (TPSA) is 100 Å². The summed E-state index contributed by atoms with van der Waals surface area (Å²) in [7, 11) is 1.89. The summed E-state index contributed by atoms with van der Waals surface area (Å²) in [6, 6.07) is 15.2. The average molecular weight is 501 g/mol. The first kappa shape index (κ1) is 24.7. The molecule has 5 rings (SSSR count). The number of aromatic nitrogens is 4. The Morgan fingerprint density at radius 1 is 1.05 bits per heavy atom. The van der Waals surface area contributed by atoms with Gasteiger partial charge in [0, 0.05) is 49.8 Å². The molecule has 0 spiro atoms. The van der Waals surface area contributed by atoms with Crippen molar-refractivity contribution >= 4 is 34.4 Å². The van der Waals surface area contributed by atoms with Crippen LogP contribution in [0, 0.1) is 0 Å². The highest BCUT2D eigenvalue weighted by molar-refractivity contribution is 6.00. The molecule has 0 radical (unpaired) electrons. The van der Waals surface area contributed by atoms with Crippen LogP contribution in [0.3, 0.4) is 0 Å². The molecule has 2 N–H and O–H groups in total. The number of morpholine rings is 1. The second-order valence-electron chi connectivity index (χ2n) is 8.87. The van der Waals surface area contributed by atoms with E-state index in [2.05, 4.69) is 39.5 Å². The largest absolute Gasteiger partial charge is 0.379 e. The third-order valence-corrected chi connectivity index (χ3v) is 6.44. The molecule has 192 valence electrons. The highest BCUT2D eigenvalue weighted by Crippen LogP contribution is 2.28. The molecule has 0 bridgehead atoms. The number of nitrogens with one attached hydrogen (secondary N) is 2. The van der Waals surface area contributed by atoms with E-state index in [-0.39, 0.29) is 6.03 Å². The van der Waals surface area contributed by atoms with Crippen LogP contribution >= 0.6 is 0 Å². The predicted octanol–water partition coefficient (Wildman–Crippen LogP) is 4.31. The third kappa shape index (κ3) is 5.40. The second-order valence-corrected chi connectivity index (χ2v) is 8.87. The summed E-state index contributed by atoms with van der Waals surface area (Å²) in [5, 5.41) is 15.7. The van der Waals surface area contributed by atoms with Gasteiger partial charge in [0.1, 0.15) is 5.69 Å². The van der Waals surface area contributed by atoms with Crippen molar-refractivity contribution in [2.75, 3.05) is 48.5 Å². The molecule has 10 heteroatoms. The maximum absolute atomic E-state index is 12.5. The first-order valence-electron chi connectivity index (χ1n) is 12.6. The molecule has 1 fully saturated rings. The molecule has 1 aliphatic rings. The maximum Gasteiger partial charge on any atom is 0.323 e. The van der Waals surface area contributed by atoms with E-state index in [4.69, 9.17) is 14.8 Å². The van der Waals surface area contributed by atoms with Crippen molar-refractivity contribution in [1.29, 1.82) is 0 Å². The van der Waals surface area contributed by atoms with Crippen molar-refractivity contribution in [1.82, 2.24) is 24.8 Å². The Labute approximate surface area is 216 Å². The van der Waals surface area contributed by atoms with Crippen LogP contribution in [-0.2, 0) is 18.2 Å². The maximum atomic E-state index is 12.5. The number of urea groups is 1. The number of rotatable bonds is 7. The number of benzene rings is 2. The highest BCUT2D eigenvalue weighted by atomic mass is 16.5. The summed E-state index contributed by atoms with van der Waals surface area (Å²) in [5.74, 6) is 0.654. The van der Waals surface area contributed by atoms with Gasteiger partial charge >= 0.3 is 6.03 Å². The molecule has 0 aliphatic carbocycles. The van der Waals surface area contributed by atoms with Crippen LogP contribution in [0.25, 0.3) is 22.3 Å². The van der Waals surface area contributed by atoms with Gasteiger partial charge in [-0.3, -0.25) is 5.01 Å². The molecule has 1 saturated heterocycles. The minimum Gasteiger partial charge on any atom is -0.379 e. The molecule has 1 aliphatic heterocycles. The van der Waals surface area contributed by atoms with Crippen molar-refractivity contribution in [2.24, 2.45) is 7.05 Å². The standard InChI is InChI=1S/C27H32N8O2/c1-4-19-7-6-8-22(17-19)30-27(36)29-21-11-9-20(10-12-21)24-23-18-28-26(31-25(23)33(3)32-24)35(5-2)34-13-15-37-16-14-34/h6-12,17-18H,4-5,13-16H2,1-3H3,(H2,29,30,36). The Bertz CT molecular complexity index is 1380. The number of hydrazine groups is 1. The first-order valence-corrected chi connectivity index (χ1v) is 12.6. The number of hydrogen-bond donors (Lipinski definition) is 2. The monoisotopic (exact) mass is 500 g/mol. The van der Waals surface area contributed by atoms with Crippen LogP contribution in [0.5, 0.6) is 0 Å². The van der Waals surface area contributed by atoms with E-state index < -0.39 is 0 Å². The predicted molar refractivity (Wildman–Crippen MR) is 146 cm³/mol. The SMILES string of the molecule is CCc1cccc(NC(=O)Nc2ccc(-c3nn(C)c4nc(N(CC)N5CCOCC5)ncc34)cc2)c1. The summed E-state index contributed by atoms with van der Waals surface area (Å²) in [6.07, 6.45) is 2.75. The molecule has 2 amide bonds. The lowest BCUT2D eigenvalue weighted by Crippen LogP contribution is -2.49. The van der Waals surface area contributed by atoms with E-state index in [0.29, 0.717) is 24.8 Å². The van der Waals surface area contributed by atoms with E-state index in [1.165, 1.54) is 5.56 Å². The summed E-state index contributed by atoms with van der Waals surface area (Å²) < 4.78 is 7.27. The molecule has 10 nitrogen and oxygen atoms in total. The van der Waals surface area contributed by atoms with Gasteiger partial charge < -0.3 is 15.4 Å². The van der Waals surface area contributed by atoms with E-state index in [0.717, 1.165) is 54.0 Å². The molecule has 3 heterocycles. The van der Waals surface area contributed by atoms with E-state index in [9.17, 15) is 4.79 Å². The highest BCUT2D eigenvalue weighted by Gasteiger charge is 2.22. The minimum absolute atomic E-state index is 0.286. The molecule has 2 aromatic carbocycles. The van der Waals surface area contributed by atoms with Gasteiger partial charge in [-0.1, -0.05) is 31.2 Å². The van der Waals surface area contributed by atoms with Crippen molar-refractivity contribution in [2.45, 2.75) is 20.3 Å². The number of carbonyl (C=O) groups excluding carboxylic acids is 1. The Morgan fingerprint density at radius 2 is 1.81 bits per heavy atom. The van der Waals surface area contributed by atoms with Crippen LogP contribution in [0.4, 0.5) is 22.1 Å². The van der Waals surface area contributed by atoms with Gasteiger partial charge in [0.2, 0.25) is 5.95 Å². The van der Waals surface area contributed by atoms with Crippen molar-refractivity contribution < 1.29 is 9.53 Å². The van der Waals surface area contributed by atoms with E-state index >= 15 is 0 Å². The Hall–Kier alpha value is -4.02. The third-order valence-electron chi connectivity index (χ3n) is 6.44. The zero-order valence-corrected chi connectivity index (χ0v) is 21.4. The van der Waals surface area contributed by atoms with Gasteiger partial charge in [0.05, 0.1) is 18.6 Å². The van der Waals surface area contributed by atoms with Crippen LogP contribution in [0.1, 0.15) is 19.4 Å². The molecule has 2 aromatic heterocycles. The van der Waals surface area contributed by atoms with Gasteiger partial charge in [-0.05, 0) is 43.2 Å². The molecule has 37 heavy (non-hydrogen) atoms. The lowest BCUT2D eigenvalue weighted by atomic mass is 10.1. The fourth-order valence-corrected chi connectivity index (χ4v) is 4.50. The van der Waals surface area contributed by atoms with Crippen molar-refractivity contribution in [3.8, 4) is 11.3 Å². The number of amides is 2. The number of ether oxygens (including phenoxy) is 1. The first-order chi connectivity index (χ1) is 18.1. The Balaban J connectivity index is 1.32. The number of carbonyl (C=O) groups is 1. The van der Waals surface area contributed by atoms with Crippen LogP contribution in [0.15, 0.2) is 54.7 Å². The van der Waals surface area contributed by atoms with Crippen molar-refractivity contribution in [3.63, 3.8) is 0 Å². The normalized spacial score (nSPS) is 14.0. The second kappa shape index (κ2) is 10.9. The van der Waals surface area contributed by atoms with E-state index in [1.807, 2.05) is 61.8 Å². The number of nitrogens with zero attached hydrogens (tertiary/aromatic N) is 6. The zero-order chi connectivity index (χ0) is 25.8. The molecule has 0 unspecified atom stereocenters. The van der Waals surface area contributed by atoms with E-state index in [1.54, 1.807) is 4.68 Å². The quantitative estimate of drug-likeness (QED) is 0.390. The van der Waals surface area contributed by atoms with Gasteiger partial charge in [-0.15, -0.1) is 0 Å². The summed E-state index contributed by atoms with van der Waals surface area (Å²) in [4.78, 5) is 22.0. The zero-order valence-electron chi connectivity index (χ0n) is 21.4. The fraction of sp³-hybridized carbons (Fsp3) is 0.333. The molecule has 0 saturated carbocycles. The van der Waals surface area contributed by atoms with Gasteiger partial charge in [0.15, 0.2) is 5.65 Å². The average Bonchev–Trinajstić information content (AvgIpc) is 3.26. The van der Waals surface area contributed by atoms with Gasteiger partial charge in [-0.25, -0.2) is 19.5 Å². The lowest BCUT2D eigenvalue weighted by molar-refractivity contribution is 0.0314. The molecular formula is C27H32N8O2. The number of hydrogen-bond acceptors (Lipinski definition) is 7. The van der Waals surface area contributed by atoms with Crippen LogP contribution in [-0.4, -0.2) is 63.6 Å². The molecule has 0 atom stereocenters. The Morgan fingerprint density at radius 3 is 2.54 bits per heavy atom. The fourth-order valence-electron chi connectivity index (χ4n) is 4.50. The molecular weight excluding hydrogens is 468 g/mol. The summed E-state index contributed by atoms with van der Waals surface area (Å²) >= 11 is 0. The van der Waals surface area contributed by atoms with Gasteiger partial charge in [-0.2, -0.15) is 10.1 Å². The lowest BCUT2D eigenvalue weighted by Gasteiger charge is -2.36. The van der Waals surface area contributed by atoms with Crippen molar-refractivity contribution in [3.05, 3.63) is 60.3 Å². The number of anilines is 3. The summed E-state index contributed by atoms with van der Waals surface area (Å²) in [6.45, 7) is 7.98. The van der Waals surface area contributed by atoms with Gasteiger partial charge in [0.25, 0.3) is 0 Å². The molecule has 4 aromatic rings. The van der Waals surface area contributed by atoms with Crippen LogP contribution < -0.4 is 15.6 Å². The minimum atomic E-state index is -0.286. The number of fused-ring (bicyclic) bond motifs is 1. The Kier molecular flexibility index (Phi) is 7.29. The van der Waals surface area contributed by atoms with Crippen LogP contribution in [0.2, 0.25) is 0 Å². The summed E-state index contributed by atoms with van der Waals surface area (Å²) in [5.41, 5.74) is 5.11.